The first-order chi connectivity index (χ1) is 9.03. The number of halogens is 1. The zero-order valence-corrected chi connectivity index (χ0v) is 12.1. The molecule has 0 fully saturated rings. The van der Waals surface area contributed by atoms with E-state index in [1.165, 1.54) is 20.3 Å². The van der Waals surface area contributed by atoms with Gasteiger partial charge in [0.25, 0.3) is 5.69 Å². The van der Waals surface area contributed by atoms with Crippen LogP contribution >= 0.6 is 11.6 Å². The molecule has 19 heavy (non-hydrogen) atoms. The molecule has 1 rings (SSSR count). The van der Waals surface area contributed by atoms with Crippen molar-refractivity contribution >= 4 is 17.3 Å². The summed E-state index contributed by atoms with van der Waals surface area (Å²) in [5.41, 5.74) is 0.579. The summed E-state index contributed by atoms with van der Waals surface area (Å²) in [4.78, 5) is 10.7. The van der Waals surface area contributed by atoms with Gasteiger partial charge in [0, 0.05) is 10.9 Å². The molecule has 106 valence electrons. The van der Waals surface area contributed by atoms with E-state index < -0.39 is 4.92 Å². The Balaban J connectivity index is 3.16. The maximum atomic E-state index is 11.1. The fourth-order valence-electron chi connectivity index (χ4n) is 1.90. The Kier molecular flexibility index (Phi) is 5.89. The minimum absolute atomic E-state index is 0.0133. The largest absolute Gasteiger partial charge is 0.493 e. The van der Waals surface area contributed by atoms with Crippen molar-refractivity contribution in [2.24, 2.45) is 0 Å². The number of nitro benzene ring substituents is 1. The van der Waals surface area contributed by atoms with E-state index in [2.05, 4.69) is 0 Å². The van der Waals surface area contributed by atoms with E-state index >= 15 is 0 Å². The SMILES string of the molecule is CCCC(Cl)Cc1cc(OC)c(OC)cc1[N+](=O)[O-]. The standard InChI is InChI=1S/C13H18ClNO4/c1-4-5-10(14)6-9-7-12(18-2)13(19-3)8-11(9)15(16)17/h7-8,10H,4-6H2,1-3H3. The van der Waals surface area contributed by atoms with E-state index in [4.69, 9.17) is 21.1 Å². The molecule has 1 aromatic rings. The van der Waals surface area contributed by atoms with Crippen molar-refractivity contribution in [3.8, 4) is 11.5 Å². The fraction of sp³-hybridized carbons (Fsp3) is 0.538. The number of nitrogens with zero attached hydrogens (tertiary/aromatic N) is 1. The first-order valence-electron chi connectivity index (χ1n) is 6.06. The molecule has 0 aromatic heterocycles. The highest BCUT2D eigenvalue weighted by Gasteiger charge is 2.21. The van der Waals surface area contributed by atoms with Crippen molar-refractivity contribution in [1.29, 1.82) is 0 Å². The number of methoxy groups -OCH3 is 2. The summed E-state index contributed by atoms with van der Waals surface area (Å²) >= 11 is 6.17. The van der Waals surface area contributed by atoms with Crippen molar-refractivity contribution in [1.82, 2.24) is 0 Å². The lowest BCUT2D eigenvalue weighted by Gasteiger charge is -2.12. The van der Waals surface area contributed by atoms with Crippen LogP contribution in [0, 0.1) is 10.1 Å². The van der Waals surface area contributed by atoms with Gasteiger partial charge in [-0.2, -0.15) is 0 Å². The molecule has 0 heterocycles. The smallest absolute Gasteiger partial charge is 0.276 e. The Labute approximate surface area is 117 Å². The third-order valence-electron chi connectivity index (χ3n) is 2.82. The lowest BCUT2D eigenvalue weighted by atomic mass is 10.0. The monoisotopic (exact) mass is 287 g/mol. The van der Waals surface area contributed by atoms with Crippen LogP contribution in [0.3, 0.4) is 0 Å². The summed E-state index contributed by atoms with van der Waals surface area (Å²) in [5, 5.41) is 11.0. The van der Waals surface area contributed by atoms with Crippen LogP contribution in [0.25, 0.3) is 0 Å². The second-order valence-electron chi connectivity index (χ2n) is 4.18. The van der Waals surface area contributed by atoms with Gasteiger partial charge in [-0.3, -0.25) is 10.1 Å². The molecule has 0 spiro atoms. The molecular weight excluding hydrogens is 270 g/mol. The molecular formula is C13H18ClNO4. The molecule has 0 bridgehead atoms. The maximum Gasteiger partial charge on any atom is 0.276 e. The molecule has 0 N–H and O–H groups in total. The Hall–Kier alpha value is -1.49. The van der Waals surface area contributed by atoms with Gasteiger partial charge in [0.15, 0.2) is 11.5 Å². The summed E-state index contributed by atoms with van der Waals surface area (Å²) in [5.74, 6) is 0.822. The molecule has 0 aliphatic heterocycles. The molecule has 1 aromatic carbocycles. The zero-order valence-electron chi connectivity index (χ0n) is 11.3. The maximum absolute atomic E-state index is 11.1. The van der Waals surface area contributed by atoms with E-state index in [0.717, 1.165) is 12.8 Å². The zero-order chi connectivity index (χ0) is 14.4. The molecule has 1 unspecified atom stereocenters. The van der Waals surface area contributed by atoms with Crippen LogP contribution in [0.15, 0.2) is 12.1 Å². The number of alkyl halides is 1. The molecule has 0 aliphatic carbocycles. The molecule has 0 saturated carbocycles. The average molecular weight is 288 g/mol. The van der Waals surface area contributed by atoms with Gasteiger partial charge in [-0.05, 0) is 18.9 Å². The normalized spacial score (nSPS) is 12.0. The van der Waals surface area contributed by atoms with E-state index in [-0.39, 0.29) is 11.1 Å². The molecule has 6 heteroatoms. The third-order valence-corrected chi connectivity index (χ3v) is 3.20. The number of hydrogen-bond acceptors (Lipinski definition) is 4. The van der Waals surface area contributed by atoms with Gasteiger partial charge in [-0.1, -0.05) is 13.3 Å². The van der Waals surface area contributed by atoms with Crippen molar-refractivity contribution < 1.29 is 14.4 Å². The van der Waals surface area contributed by atoms with Crippen molar-refractivity contribution in [3.63, 3.8) is 0 Å². The second-order valence-corrected chi connectivity index (χ2v) is 4.80. The fourth-order valence-corrected chi connectivity index (χ4v) is 2.28. The van der Waals surface area contributed by atoms with Crippen LogP contribution in [0.5, 0.6) is 11.5 Å². The number of rotatable bonds is 7. The summed E-state index contributed by atoms with van der Waals surface area (Å²) in [6.45, 7) is 2.03. The highest BCUT2D eigenvalue weighted by Crippen LogP contribution is 2.35. The highest BCUT2D eigenvalue weighted by molar-refractivity contribution is 6.20. The Bertz CT molecular complexity index is 451. The predicted molar refractivity (Wildman–Crippen MR) is 74.5 cm³/mol. The third kappa shape index (κ3) is 3.99. The molecule has 5 nitrogen and oxygen atoms in total. The lowest BCUT2D eigenvalue weighted by Crippen LogP contribution is -2.06. The first kappa shape index (κ1) is 15.6. The van der Waals surface area contributed by atoms with Crippen LogP contribution in [-0.2, 0) is 6.42 Å². The summed E-state index contributed by atoms with van der Waals surface area (Å²) in [6.07, 6.45) is 2.19. The van der Waals surface area contributed by atoms with Gasteiger partial charge < -0.3 is 9.47 Å². The summed E-state index contributed by atoms with van der Waals surface area (Å²) in [7, 11) is 2.94. The number of ether oxygens (including phenoxy) is 2. The van der Waals surface area contributed by atoms with E-state index in [9.17, 15) is 10.1 Å². The number of hydrogen-bond donors (Lipinski definition) is 0. The Morgan fingerprint density at radius 3 is 2.37 bits per heavy atom. The van der Waals surface area contributed by atoms with Crippen LogP contribution in [0.1, 0.15) is 25.3 Å². The summed E-state index contributed by atoms with van der Waals surface area (Å²) < 4.78 is 10.2. The minimum atomic E-state index is -0.424. The van der Waals surface area contributed by atoms with Crippen molar-refractivity contribution in [3.05, 3.63) is 27.8 Å². The van der Waals surface area contributed by atoms with E-state index in [1.54, 1.807) is 6.07 Å². The number of benzene rings is 1. The minimum Gasteiger partial charge on any atom is -0.493 e. The van der Waals surface area contributed by atoms with Gasteiger partial charge >= 0.3 is 0 Å². The lowest BCUT2D eigenvalue weighted by molar-refractivity contribution is -0.385. The summed E-state index contributed by atoms with van der Waals surface area (Å²) in [6, 6.07) is 3.01. The van der Waals surface area contributed by atoms with Crippen LogP contribution in [0.2, 0.25) is 0 Å². The quantitative estimate of drug-likeness (QED) is 0.437. The Morgan fingerprint density at radius 2 is 1.89 bits per heavy atom. The van der Waals surface area contributed by atoms with Gasteiger partial charge in [0.05, 0.1) is 25.2 Å². The molecule has 0 radical (unpaired) electrons. The van der Waals surface area contributed by atoms with Crippen LogP contribution in [0.4, 0.5) is 5.69 Å². The second kappa shape index (κ2) is 7.19. The highest BCUT2D eigenvalue weighted by atomic mass is 35.5. The van der Waals surface area contributed by atoms with Crippen molar-refractivity contribution in [2.75, 3.05) is 14.2 Å². The Morgan fingerprint density at radius 1 is 1.32 bits per heavy atom. The van der Waals surface area contributed by atoms with Crippen LogP contribution in [-0.4, -0.2) is 24.5 Å². The predicted octanol–water partition coefficient (Wildman–Crippen LogP) is 3.56. The van der Waals surface area contributed by atoms with E-state index in [0.29, 0.717) is 23.5 Å². The van der Waals surface area contributed by atoms with Gasteiger partial charge in [-0.15, -0.1) is 11.6 Å². The van der Waals surface area contributed by atoms with Crippen LogP contribution < -0.4 is 9.47 Å². The van der Waals surface area contributed by atoms with Gasteiger partial charge in [-0.25, -0.2) is 0 Å². The molecule has 0 aliphatic rings. The topological polar surface area (TPSA) is 61.6 Å². The van der Waals surface area contributed by atoms with E-state index in [1.807, 2.05) is 6.92 Å². The number of nitro groups is 1. The molecule has 0 saturated heterocycles. The average Bonchev–Trinajstić information content (AvgIpc) is 2.38. The molecule has 1 atom stereocenters. The molecule has 0 amide bonds. The first-order valence-corrected chi connectivity index (χ1v) is 6.50. The van der Waals surface area contributed by atoms with Gasteiger partial charge in [0.1, 0.15) is 0 Å². The van der Waals surface area contributed by atoms with Crippen molar-refractivity contribution in [2.45, 2.75) is 31.6 Å². The van der Waals surface area contributed by atoms with Gasteiger partial charge in [0.2, 0.25) is 0 Å².